The normalized spacial score (nSPS) is 17.5. The van der Waals surface area contributed by atoms with E-state index in [1.165, 1.54) is 5.56 Å². The monoisotopic (exact) mass is 546 g/mol. The topological polar surface area (TPSA) is 92.2 Å². The number of hydrogen-bond acceptors (Lipinski definition) is 5. The van der Waals surface area contributed by atoms with E-state index in [4.69, 9.17) is 12.2 Å². The standard InChI is InChI=1S/C28H30N6O2S2/c1-18-15-22(8-9-24(18)32-38(4,35)36)34-27(26(31-28(34)37)25-7-5-6-12-30-25)23-16-19(2)33(20(23)3)17-21-10-13-29-14-11-21/h5-16,26-27,32H,17H2,1-4H3,(H,31,37). The zero-order chi connectivity index (χ0) is 27.0. The summed E-state index contributed by atoms with van der Waals surface area (Å²) < 4.78 is 28.5. The van der Waals surface area contributed by atoms with E-state index < -0.39 is 10.0 Å². The highest BCUT2D eigenvalue weighted by Crippen LogP contribution is 2.44. The molecule has 1 saturated heterocycles. The number of aryl methyl sites for hydroxylation is 2. The second-order valence-electron chi connectivity index (χ2n) is 9.64. The Kier molecular flexibility index (Phi) is 6.93. The highest BCUT2D eigenvalue weighted by atomic mass is 32.2. The van der Waals surface area contributed by atoms with Gasteiger partial charge in [-0.1, -0.05) is 6.07 Å². The third kappa shape index (κ3) is 5.14. The van der Waals surface area contributed by atoms with Crippen LogP contribution in [0.3, 0.4) is 0 Å². The average Bonchev–Trinajstić information content (AvgIpc) is 3.36. The van der Waals surface area contributed by atoms with Crippen LogP contribution in [0, 0.1) is 20.8 Å². The molecule has 3 aromatic heterocycles. The van der Waals surface area contributed by atoms with Crippen LogP contribution in [0.5, 0.6) is 0 Å². The molecular weight excluding hydrogens is 516 g/mol. The number of sulfonamides is 1. The Bertz CT molecular complexity index is 1590. The van der Waals surface area contributed by atoms with E-state index in [1.807, 2.05) is 61.8 Å². The molecule has 1 aromatic carbocycles. The van der Waals surface area contributed by atoms with Gasteiger partial charge in [-0.2, -0.15) is 0 Å². The smallest absolute Gasteiger partial charge is 0.229 e. The Balaban J connectivity index is 1.60. The van der Waals surface area contributed by atoms with Gasteiger partial charge in [-0.3, -0.25) is 14.7 Å². The van der Waals surface area contributed by atoms with Gasteiger partial charge < -0.3 is 14.8 Å². The molecule has 0 amide bonds. The first-order chi connectivity index (χ1) is 18.1. The molecule has 0 radical (unpaired) electrons. The first kappa shape index (κ1) is 25.9. The van der Waals surface area contributed by atoms with E-state index in [2.05, 4.69) is 49.4 Å². The minimum absolute atomic E-state index is 0.164. The Morgan fingerprint density at radius 3 is 2.45 bits per heavy atom. The number of benzene rings is 1. The van der Waals surface area contributed by atoms with Gasteiger partial charge in [0.2, 0.25) is 10.0 Å². The number of nitrogens with zero attached hydrogens (tertiary/aromatic N) is 4. The fourth-order valence-electron chi connectivity index (χ4n) is 5.10. The zero-order valence-corrected chi connectivity index (χ0v) is 23.3. The first-order valence-electron chi connectivity index (χ1n) is 12.3. The van der Waals surface area contributed by atoms with Gasteiger partial charge in [0, 0.05) is 42.2 Å². The van der Waals surface area contributed by atoms with Gasteiger partial charge in [0.05, 0.1) is 29.7 Å². The van der Waals surface area contributed by atoms with Crippen LogP contribution in [0.15, 0.2) is 73.2 Å². The number of rotatable bonds is 7. The second kappa shape index (κ2) is 10.2. The Morgan fingerprint density at radius 1 is 1.03 bits per heavy atom. The maximum Gasteiger partial charge on any atom is 0.229 e. The molecule has 1 aliphatic rings. The van der Waals surface area contributed by atoms with Crippen LogP contribution in [-0.4, -0.2) is 34.3 Å². The summed E-state index contributed by atoms with van der Waals surface area (Å²) in [6.45, 7) is 6.89. The van der Waals surface area contributed by atoms with Crippen molar-refractivity contribution in [1.29, 1.82) is 0 Å². The molecule has 4 aromatic rings. The van der Waals surface area contributed by atoms with Gasteiger partial charge in [0.15, 0.2) is 5.11 Å². The van der Waals surface area contributed by atoms with E-state index in [1.54, 1.807) is 12.3 Å². The van der Waals surface area contributed by atoms with Crippen molar-refractivity contribution in [3.8, 4) is 0 Å². The summed E-state index contributed by atoms with van der Waals surface area (Å²) in [5.74, 6) is 0. The molecule has 8 nitrogen and oxygen atoms in total. The van der Waals surface area contributed by atoms with Gasteiger partial charge in [-0.25, -0.2) is 8.42 Å². The Morgan fingerprint density at radius 2 is 1.79 bits per heavy atom. The summed E-state index contributed by atoms with van der Waals surface area (Å²) in [5.41, 5.74) is 7.74. The molecule has 10 heteroatoms. The van der Waals surface area contributed by atoms with E-state index in [9.17, 15) is 8.42 Å². The number of nitrogens with one attached hydrogen (secondary N) is 2. The molecule has 2 N–H and O–H groups in total. The molecule has 1 aliphatic heterocycles. The lowest BCUT2D eigenvalue weighted by Gasteiger charge is -2.29. The molecule has 2 atom stereocenters. The van der Waals surface area contributed by atoms with Crippen LogP contribution in [0.1, 0.15) is 45.9 Å². The summed E-state index contributed by atoms with van der Waals surface area (Å²) in [6, 6.07) is 17.5. The molecule has 1 fully saturated rings. The lowest BCUT2D eigenvalue weighted by Crippen LogP contribution is -2.29. The van der Waals surface area contributed by atoms with Crippen LogP contribution in [0.2, 0.25) is 0 Å². The van der Waals surface area contributed by atoms with Crippen LogP contribution in [-0.2, 0) is 16.6 Å². The fraction of sp³-hybridized carbons (Fsp3) is 0.250. The van der Waals surface area contributed by atoms with Gasteiger partial charge in [-0.05, 0) is 98.2 Å². The van der Waals surface area contributed by atoms with Gasteiger partial charge in [-0.15, -0.1) is 0 Å². The molecule has 0 bridgehead atoms. The van der Waals surface area contributed by atoms with E-state index >= 15 is 0 Å². The van der Waals surface area contributed by atoms with Crippen molar-refractivity contribution in [1.82, 2.24) is 19.9 Å². The van der Waals surface area contributed by atoms with Gasteiger partial charge in [0.25, 0.3) is 0 Å². The Hall–Kier alpha value is -3.76. The zero-order valence-electron chi connectivity index (χ0n) is 21.7. The van der Waals surface area contributed by atoms with Crippen molar-refractivity contribution in [3.63, 3.8) is 0 Å². The van der Waals surface area contributed by atoms with E-state index in [0.29, 0.717) is 10.8 Å². The van der Waals surface area contributed by atoms with Crippen molar-refractivity contribution in [2.45, 2.75) is 39.4 Å². The lowest BCUT2D eigenvalue weighted by molar-refractivity contribution is 0.563. The second-order valence-corrected chi connectivity index (χ2v) is 11.8. The largest absolute Gasteiger partial charge is 0.351 e. The number of anilines is 2. The number of thiocarbonyl (C=S) groups is 1. The number of aromatic nitrogens is 3. The summed E-state index contributed by atoms with van der Waals surface area (Å²) in [4.78, 5) is 10.9. The Labute approximate surface area is 228 Å². The van der Waals surface area contributed by atoms with Crippen LogP contribution < -0.4 is 14.9 Å². The summed E-state index contributed by atoms with van der Waals surface area (Å²) in [6.07, 6.45) is 6.57. The molecule has 0 saturated carbocycles. The third-order valence-electron chi connectivity index (χ3n) is 6.90. The SMILES string of the molecule is Cc1cc(N2C(=S)NC(c3ccccn3)C2c2cc(C)n(Cc3ccncc3)c2C)ccc1NS(C)(=O)=O. The van der Waals surface area contributed by atoms with Crippen molar-refractivity contribution in [2.75, 3.05) is 15.9 Å². The third-order valence-corrected chi connectivity index (χ3v) is 7.81. The number of hydrogen-bond donors (Lipinski definition) is 2. The predicted octanol–water partition coefficient (Wildman–Crippen LogP) is 4.80. The molecule has 0 aliphatic carbocycles. The number of pyridine rings is 2. The summed E-state index contributed by atoms with van der Waals surface area (Å²) >= 11 is 5.89. The fourth-order valence-corrected chi connectivity index (χ4v) is 6.08. The van der Waals surface area contributed by atoms with E-state index in [0.717, 1.165) is 46.7 Å². The van der Waals surface area contributed by atoms with Crippen LogP contribution in [0.4, 0.5) is 11.4 Å². The lowest BCUT2D eigenvalue weighted by atomic mass is 9.96. The maximum atomic E-state index is 11.8. The molecule has 4 heterocycles. The molecule has 38 heavy (non-hydrogen) atoms. The van der Waals surface area contributed by atoms with Crippen LogP contribution in [0.25, 0.3) is 0 Å². The summed E-state index contributed by atoms with van der Waals surface area (Å²) in [7, 11) is -3.39. The van der Waals surface area contributed by atoms with E-state index in [-0.39, 0.29) is 12.1 Å². The molecule has 0 spiro atoms. The molecule has 2 unspecified atom stereocenters. The minimum atomic E-state index is -3.39. The summed E-state index contributed by atoms with van der Waals surface area (Å²) in [5, 5.41) is 4.10. The first-order valence-corrected chi connectivity index (χ1v) is 14.6. The van der Waals surface area contributed by atoms with Crippen molar-refractivity contribution in [3.05, 3.63) is 107 Å². The van der Waals surface area contributed by atoms with Crippen molar-refractivity contribution >= 4 is 38.7 Å². The van der Waals surface area contributed by atoms with Gasteiger partial charge >= 0.3 is 0 Å². The predicted molar refractivity (Wildman–Crippen MR) is 155 cm³/mol. The maximum absolute atomic E-state index is 11.8. The van der Waals surface area contributed by atoms with Crippen LogP contribution >= 0.6 is 12.2 Å². The van der Waals surface area contributed by atoms with Gasteiger partial charge in [0.1, 0.15) is 0 Å². The highest BCUT2D eigenvalue weighted by molar-refractivity contribution is 7.92. The van der Waals surface area contributed by atoms with Crippen molar-refractivity contribution in [2.24, 2.45) is 0 Å². The molecule has 5 rings (SSSR count). The molecule has 196 valence electrons. The highest BCUT2D eigenvalue weighted by Gasteiger charge is 2.42. The van der Waals surface area contributed by atoms with Crippen molar-refractivity contribution < 1.29 is 8.42 Å². The molecular formula is C28H30N6O2S2. The average molecular weight is 547 g/mol. The quantitative estimate of drug-likeness (QED) is 0.322. The minimum Gasteiger partial charge on any atom is -0.351 e.